The number of hydrogen-bond donors (Lipinski definition) is 1. The van der Waals surface area contributed by atoms with Crippen LogP contribution in [0.3, 0.4) is 0 Å². The van der Waals surface area contributed by atoms with Crippen LogP contribution in [0.25, 0.3) is 0 Å². The van der Waals surface area contributed by atoms with E-state index in [9.17, 15) is 13.2 Å². The van der Waals surface area contributed by atoms with E-state index in [1.165, 1.54) is 12.1 Å². The average molecular weight is 353 g/mol. The van der Waals surface area contributed by atoms with Crippen molar-refractivity contribution in [3.05, 3.63) is 70.2 Å². The second-order valence-corrected chi connectivity index (χ2v) is 6.09. The molecule has 1 aliphatic rings. The highest BCUT2D eigenvalue weighted by atomic mass is 35.5. The van der Waals surface area contributed by atoms with Crippen LogP contribution < -0.4 is 5.32 Å². The Hall–Kier alpha value is -2.01. The number of amidine groups is 1. The molecule has 0 fully saturated rings. The van der Waals surface area contributed by atoms with Gasteiger partial charge in [-0.1, -0.05) is 41.9 Å². The first-order valence-corrected chi connectivity index (χ1v) is 8.04. The van der Waals surface area contributed by atoms with E-state index in [-0.39, 0.29) is 5.92 Å². The van der Waals surface area contributed by atoms with E-state index in [1.54, 1.807) is 18.2 Å². The molecule has 1 aliphatic heterocycles. The molecule has 1 heterocycles. The van der Waals surface area contributed by atoms with Crippen LogP contribution in [-0.2, 0) is 6.18 Å². The van der Waals surface area contributed by atoms with Crippen LogP contribution in [0.1, 0.15) is 29.0 Å². The van der Waals surface area contributed by atoms with Gasteiger partial charge in [0.25, 0.3) is 0 Å². The maximum absolute atomic E-state index is 13.1. The highest BCUT2D eigenvalue weighted by Crippen LogP contribution is 2.34. The van der Waals surface area contributed by atoms with Gasteiger partial charge in [0.1, 0.15) is 5.84 Å². The van der Waals surface area contributed by atoms with Crippen LogP contribution in [0.2, 0.25) is 5.02 Å². The van der Waals surface area contributed by atoms with Crippen LogP contribution in [0.5, 0.6) is 0 Å². The van der Waals surface area contributed by atoms with Gasteiger partial charge < -0.3 is 5.32 Å². The minimum atomic E-state index is -4.37. The summed E-state index contributed by atoms with van der Waals surface area (Å²) >= 11 is 5.94. The van der Waals surface area contributed by atoms with Crippen LogP contribution in [0.4, 0.5) is 13.2 Å². The molecule has 126 valence electrons. The van der Waals surface area contributed by atoms with Gasteiger partial charge in [0.2, 0.25) is 0 Å². The lowest BCUT2D eigenvalue weighted by molar-refractivity contribution is -0.137. The van der Waals surface area contributed by atoms with E-state index >= 15 is 0 Å². The largest absolute Gasteiger partial charge is 0.416 e. The van der Waals surface area contributed by atoms with E-state index < -0.39 is 11.7 Å². The maximum atomic E-state index is 13.1. The molecular weight excluding hydrogens is 337 g/mol. The molecule has 2 nitrogen and oxygen atoms in total. The number of aliphatic imine (C=N–C) groups is 1. The zero-order valence-corrected chi connectivity index (χ0v) is 13.5. The van der Waals surface area contributed by atoms with Crippen molar-refractivity contribution in [2.24, 2.45) is 4.99 Å². The Bertz CT molecular complexity index is 739. The molecule has 0 saturated carbocycles. The number of nitrogens with zero attached hydrogens (tertiary/aromatic N) is 1. The Morgan fingerprint density at radius 1 is 1.04 bits per heavy atom. The maximum Gasteiger partial charge on any atom is 0.416 e. The first-order chi connectivity index (χ1) is 11.4. The Morgan fingerprint density at radius 3 is 2.42 bits per heavy atom. The van der Waals surface area contributed by atoms with Gasteiger partial charge in [-0.05, 0) is 35.7 Å². The number of nitrogens with one attached hydrogen (secondary N) is 1. The summed E-state index contributed by atoms with van der Waals surface area (Å²) in [4.78, 5) is 4.49. The lowest BCUT2D eigenvalue weighted by atomic mass is 9.88. The molecular formula is C18H16ClF3N2. The van der Waals surface area contributed by atoms with Crippen molar-refractivity contribution in [2.45, 2.75) is 18.5 Å². The molecule has 2 aromatic carbocycles. The SMILES string of the molecule is FC(F)(F)c1cccc(C(C2=NCCCN2)c2ccc(Cl)cc2)c1. The lowest BCUT2D eigenvalue weighted by Crippen LogP contribution is -2.34. The highest BCUT2D eigenvalue weighted by Gasteiger charge is 2.32. The van der Waals surface area contributed by atoms with Crippen molar-refractivity contribution in [2.75, 3.05) is 13.1 Å². The highest BCUT2D eigenvalue weighted by molar-refractivity contribution is 6.30. The third kappa shape index (κ3) is 3.73. The molecule has 1 N–H and O–H groups in total. The molecule has 0 radical (unpaired) electrons. The normalized spacial score (nSPS) is 16.2. The zero-order valence-electron chi connectivity index (χ0n) is 12.8. The number of alkyl halides is 3. The zero-order chi connectivity index (χ0) is 17.2. The molecule has 3 rings (SSSR count). The van der Waals surface area contributed by atoms with Gasteiger partial charge in [-0.2, -0.15) is 13.2 Å². The van der Waals surface area contributed by atoms with Crippen molar-refractivity contribution >= 4 is 17.4 Å². The van der Waals surface area contributed by atoms with Crippen molar-refractivity contribution in [1.29, 1.82) is 0 Å². The van der Waals surface area contributed by atoms with E-state index in [1.807, 2.05) is 12.1 Å². The van der Waals surface area contributed by atoms with Crippen LogP contribution in [-0.4, -0.2) is 18.9 Å². The molecule has 0 saturated heterocycles. The second-order valence-electron chi connectivity index (χ2n) is 5.66. The van der Waals surface area contributed by atoms with Gasteiger partial charge >= 0.3 is 6.18 Å². The molecule has 1 atom stereocenters. The predicted molar refractivity (Wildman–Crippen MR) is 89.7 cm³/mol. The monoisotopic (exact) mass is 352 g/mol. The topological polar surface area (TPSA) is 24.4 Å². The Labute approximate surface area is 143 Å². The first kappa shape index (κ1) is 16.8. The molecule has 6 heteroatoms. The summed E-state index contributed by atoms with van der Waals surface area (Å²) in [5.74, 6) is 0.327. The van der Waals surface area contributed by atoms with E-state index in [4.69, 9.17) is 11.6 Å². The number of benzene rings is 2. The molecule has 2 aromatic rings. The number of rotatable bonds is 3. The molecule has 1 unspecified atom stereocenters. The molecule has 0 aliphatic carbocycles. The van der Waals surface area contributed by atoms with Gasteiger partial charge in [0.05, 0.1) is 11.5 Å². The summed E-state index contributed by atoms with van der Waals surface area (Å²) in [5, 5.41) is 3.81. The summed E-state index contributed by atoms with van der Waals surface area (Å²) in [6.07, 6.45) is -3.46. The number of halogens is 4. The molecule has 0 spiro atoms. The smallest absolute Gasteiger partial charge is 0.373 e. The lowest BCUT2D eigenvalue weighted by Gasteiger charge is -2.25. The van der Waals surface area contributed by atoms with Crippen LogP contribution in [0, 0.1) is 0 Å². The average Bonchev–Trinajstić information content (AvgIpc) is 2.57. The third-order valence-corrected chi connectivity index (χ3v) is 4.20. The van der Waals surface area contributed by atoms with Crippen LogP contribution in [0.15, 0.2) is 53.5 Å². The van der Waals surface area contributed by atoms with E-state index in [0.29, 0.717) is 23.0 Å². The summed E-state index contributed by atoms with van der Waals surface area (Å²) in [6, 6.07) is 12.5. The number of hydrogen-bond acceptors (Lipinski definition) is 2. The van der Waals surface area contributed by atoms with E-state index in [0.717, 1.165) is 24.6 Å². The van der Waals surface area contributed by atoms with Crippen molar-refractivity contribution in [3.8, 4) is 0 Å². The second kappa shape index (κ2) is 6.85. The molecule has 0 amide bonds. The van der Waals surface area contributed by atoms with Gasteiger partial charge in [0.15, 0.2) is 0 Å². The first-order valence-electron chi connectivity index (χ1n) is 7.66. The summed E-state index contributed by atoms with van der Waals surface area (Å²) in [7, 11) is 0. The standard InChI is InChI=1S/C18H16ClF3N2/c19-15-7-5-12(6-8-15)16(17-23-9-2-10-24-17)13-3-1-4-14(11-13)18(20,21)22/h1,3-8,11,16H,2,9-10H2,(H,23,24). The third-order valence-electron chi connectivity index (χ3n) is 3.95. The minimum Gasteiger partial charge on any atom is -0.373 e. The van der Waals surface area contributed by atoms with Crippen molar-refractivity contribution in [3.63, 3.8) is 0 Å². The fourth-order valence-corrected chi connectivity index (χ4v) is 2.93. The molecule has 0 bridgehead atoms. The van der Waals surface area contributed by atoms with Gasteiger partial charge in [-0.15, -0.1) is 0 Å². The van der Waals surface area contributed by atoms with Crippen molar-refractivity contribution < 1.29 is 13.2 Å². The minimum absolute atomic E-state index is 0.370. The Morgan fingerprint density at radius 2 is 1.79 bits per heavy atom. The Kier molecular flexibility index (Phi) is 4.81. The Balaban J connectivity index is 2.08. The van der Waals surface area contributed by atoms with E-state index in [2.05, 4.69) is 10.3 Å². The summed E-state index contributed by atoms with van der Waals surface area (Å²) < 4.78 is 39.2. The van der Waals surface area contributed by atoms with Gasteiger partial charge in [0, 0.05) is 18.1 Å². The molecule has 24 heavy (non-hydrogen) atoms. The molecule has 0 aromatic heterocycles. The van der Waals surface area contributed by atoms with Crippen LogP contribution >= 0.6 is 11.6 Å². The summed E-state index contributed by atoms with van der Waals surface area (Å²) in [5.41, 5.74) is 0.752. The predicted octanol–water partition coefficient (Wildman–Crippen LogP) is 4.88. The van der Waals surface area contributed by atoms with Crippen molar-refractivity contribution in [1.82, 2.24) is 5.32 Å². The summed E-state index contributed by atoms with van der Waals surface area (Å²) in [6.45, 7) is 1.44. The van der Waals surface area contributed by atoms with Gasteiger partial charge in [-0.25, -0.2) is 0 Å². The fraction of sp³-hybridized carbons (Fsp3) is 0.278. The quantitative estimate of drug-likeness (QED) is 0.836. The van der Waals surface area contributed by atoms with Gasteiger partial charge in [-0.3, -0.25) is 4.99 Å². The fourth-order valence-electron chi connectivity index (χ4n) is 2.80.